The first kappa shape index (κ1) is 13.2. The van der Waals surface area contributed by atoms with Crippen LogP contribution in [0, 0.1) is 11.8 Å². The van der Waals surface area contributed by atoms with E-state index >= 15 is 0 Å². The number of nitrogens with zero attached hydrogens (tertiary/aromatic N) is 4. The lowest BCUT2D eigenvalue weighted by Crippen LogP contribution is -2.07. The number of benzene rings is 1. The number of hydrogen-bond acceptors (Lipinski definition) is 5. The Kier molecular flexibility index (Phi) is 3.21. The highest BCUT2D eigenvalue weighted by Crippen LogP contribution is 2.48. The van der Waals surface area contributed by atoms with Crippen LogP contribution in [0.25, 0.3) is 5.69 Å². The number of ether oxygens (including phenoxy) is 1. The van der Waals surface area contributed by atoms with E-state index in [4.69, 9.17) is 4.74 Å². The minimum Gasteiger partial charge on any atom is -0.423 e. The van der Waals surface area contributed by atoms with Crippen molar-refractivity contribution in [2.45, 2.75) is 25.7 Å². The summed E-state index contributed by atoms with van der Waals surface area (Å²) in [5.41, 5.74) is 2.12. The molecule has 0 atom stereocenters. The van der Waals surface area contributed by atoms with Crippen molar-refractivity contribution < 1.29 is 9.53 Å². The number of esters is 1. The average Bonchev–Trinajstić information content (AvgIpc) is 3.45. The fourth-order valence-electron chi connectivity index (χ4n) is 2.63. The molecule has 1 aromatic heterocycles. The van der Waals surface area contributed by atoms with Gasteiger partial charge in [-0.05, 0) is 72.2 Å². The molecule has 2 aliphatic carbocycles. The Morgan fingerprint density at radius 3 is 2.36 bits per heavy atom. The van der Waals surface area contributed by atoms with Crippen LogP contribution >= 0.6 is 0 Å². The van der Waals surface area contributed by atoms with E-state index in [1.54, 1.807) is 22.9 Å². The van der Waals surface area contributed by atoms with Gasteiger partial charge in [0, 0.05) is 6.08 Å². The third-order valence-electron chi connectivity index (χ3n) is 4.05. The highest BCUT2D eigenvalue weighted by Gasteiger charge is 2.36. The van der Waals surface area contributed by atoms with Gasteiger partial charge in [0.1, 0.15) is 12.1 Å². The smallest absolute Gasteiger partial charge is 0.336 e. The molecule has 4 rings (SSSR count). The van der Waals surface area contributed by atoms with Crippen LogP contribution in [0.5, 0.6) is 5.75 Å². The van der Waals surface area contributed by atoms with Gasteiger partial charge in [-0.25, -0.2) is 9.48 Å². The molecule has 0 N–H and O–H groups in total. The van der Waals surface area contributed by atoms with Gasteiger partial charge in [0.25, 0.3) is 0 Å². The van der Waals surface area contributed by atoms with Crippen molar-refractivity contribution >= 4 is 5.97 Å². The van der Waals surface area contributed by atoms with Gasteiger partial charge >= 0.3 is 5.97 Å². The van der Waals surface area contributed by atoms with Gasteiger partial charge < -0.3 is 4.74 Å². The summed E-state index contributed by atoms with van der Waals surface area (Å²) in [5, 5.41) is 11.0. The molecule has 6 nitrogen and oxygen atoms in total. The summed E-state index contributed by atoms with van der Waals surface area (Å²) in [7, 11) is 0. The Balaban J connectivity index is 1.44. The number of rotatable bonds is 5. The Morgan fingerprint density at radius 2 is 1.82 bits per heavy atom. The first-order valence-electron chi connectivity index (χ1n) is 7.56. The number of tetrazole rings is 1. The fraction of sp³-hybridized carbons (Fsp3) is 0.375. The molecule has 0 saturated heterocycles. The Morgan fingerprint density at radius 1 is 1.14 bits per heavy atom. The van der Waals surface area contributed by atoms with Crippen LogP contribution in [-0.2, 0) is 4.79 Å². The molecule has 0 spiro atoms. The quantitative estimate of drug-likeness (QED) is 0.481. The van der Waals surface area contributed by atoms with Gasteiger partial charge in [-0.2, -0.15) is 0 Å². The lowest BCUT2D eigenvalue weighted by Gasteiger charge is -2.06. The summed E-state index contributed by atoms with van der Waals surface area (Å²) in [4.78, 5) is 12.1. The maximum absolute atomic E-state index is 12.1. The average molecular weight is 296 g/mol. The van der Waals surface area contributed by atoms with Gasteiger partial charge in [-0.1, -0.05) is 5.57 Å². The molecule has 0 bridgehead atoms. The molecule has 0 unspecified atom stereocenters. The molecule has 0 radical (unpaired) electrons. The zero-order chi connectivity index (χ0) is 14.9. The third-order valence-corrected chi connectivity index (χ3v) is 4.05. The van der Waals surface area contributed by atoms with Crippen molar-refractivity contribution in [3.63, 3.8) is 0 Å². The highest BCUT2D eigenvalue weighted by molar-refractivity contribution is 5.85. The van der Waals surface area contributed by atoms with E-state index in [1.807, 2.05) is 12.1 Å². The molecule has 1 heterocycles. The van der Waals surface area contributed by atoms with Crippen molar-refractivity contribution in [1.29, 1.82) is 0 Å². The molecule has 0 amide bonds. The first-order chi connectivity index (χ1) is 10.8. The number of carbonyl (C=O) groups excluding carboxylic acids is 1. The monoisotopic (exact) mass is 296 g/mol. The summed E-state index contributed by atoms with van der Waals surface area (Å²) in [5.74, 6) is 1.51. The molecule has 112 valence electrons. The lowest BCUT2D eigenvalue weighted by molar-refractivity contribution is -0.129. The zero-order valence-electron chi connectivity index (χ0n) is 12.1. The lowest BCUT2D eigenvalue weighted by atomic mass is 10.1. The maximum atomic E-state index is 12.1. The molecular formula is C16H16N4O2. The molecular weight excluding hydrogens is 280 g/mol. The summed E-state index contributed by atoms with van der Waals surface area (Å²) < 4.78 is 6.94. The normalized spacial score (nSPS) is 17.1. The van der Waals surface area contributed by atoms with Crippen LogP contribution in [0.2, 0.25) is 0 Å². The SMILES string of the molecule is O=C(C=C(C1CC1)C1CC1)Oc1ccc(-n2cnnn2)cc1. The van der Waals surface area contributed by atoms with Gasteiger partial charge in [-0.15, -0.1) is 5.10 Å². The van der Waals surface area contributed by atoms with Crippen LogP contribution in [0.15, 0.2) is 42.2 Å². The second-order valence-electron chi connectivity index (χ2n) is 5.86. The Labute approximate surface area is 127 Å². The molecule has 6 heteroatoms. The summed E-state index contributed by atoms with van der Waals surface area (Å²) >= 11 is 0. The molecule has 1 aromatic carbocycles. The van der Waals surface area contributed by atoms with Crippen molar-refractivity contribution in [2.75, 3.05) is 0 Å². The Bertz CT molecular complexity index is 684. The predicted octanol–water partition coefficient (Wildman–Crippen LogP) is 2.31. The maximum Gasteiger partial charge on any atom is 0.336 e. The van der Waals surface area contributed by atoms with E-state index in [1.165, 1.54) is 37.6 Å². The van der Waals surface area contributed by atoms with E-state index in [9.17, 15) is 4.79 Å². The van der Waals surface area contributed by atoms with E-state index < -0.39 is 0 Å². The van der Waals surface area contributed by atoms with Crippen molar-refractivity contribution in [3.05, 3.63) is 42.2 Å². The van der Waals surface area contributed by atoms with Crippen molar-refractivity contribution in [3.8, 4) is 11.4 Å². The number of hydrogen-bond donors (Lipinski definition) is 0. The van der Waals surface area contributed by atoms with E-state index in [2.05, 4.69) is 15.5 Å². The number of aromatic nitrogens is 4. The van der Waals surface area contributed by atoms with Gasteiger partial charge in [0.15, 0.2) is 0 Å². The van der Waals surface area contributed by atoms with Crippen LogP contribution < -0.4 is 4.74 Å². The molecule has 2 fully saturated rings. The van der Waals surface area contributed by atoms with Gasteiger partial charge in [0.2, 0.25) is 0 Å². The molecule has 0 aliphatic heterocycles. The molecule has 2 aliphatic rings. The zero-order valence-corrected chi connectivity index (χ0v) is 12.1. The van der Waals surface area contributed by atoms with Crippen molar-refractivity contribution in [2.24, 2.45) is 11.8 Å². The predicted molar refractivity (Wildman–Crippen MR) is 78.3 cm³/mol. The number of allylic oxidation sites excluding steroid dienone is 1. The minimum atomic E-state index is -0.274. The van der Waals surface area contributed by atoms with E-state index in [0.29, 0.717) is 17.6 Å². The molecule has 2 saturated carbocycles. The van der Waals surface area contributed by atoms with Crippen LogP contribution in [0.1, 0.15) is 25.7 Å². The number of carbonyl (C=O) groups is 1. The Hall–Kier alpha value is -2.50. The highest BCUT2D eigenvalue weighted by atomic mass is 16.5. The van der Waals surface area contributed by atoms with Gasteiger partial charge in [-0.3, -0.25) is 0 Å². The van der Waals surface area contributed by atoms with Gasteiger partial charge in [0.05, 0.1) is 5.69 Å². The topological polar surface area (TPSA) is 69.9 Å². The molecule has 22 heavy (non-hydrogen) atoms. The van der Waals surface area contributed by atoms with Crippen LogP contribution in [0.3, 0.4) is 0 Å². The van der Waals surface area contributed by atoms with Crippen LogP contribution in [0.4, 0.5) is 0 Å². The summed E-state index contributed by atoms with van der Waals surface area (Å²) in [6.45, 7) is 0. The van der Waals surface area contributed by atoms with Crippen molar-refractivity contribution in [1.82, 2.24) is 20.2 Å². The minimum absolute atomic E-state index is 0.274. The molecule has 2 aromatic rings. The van der Waals surface area contributed by atoms with E-state index in [-0.39, 0.29) is 5.97 Å². The summed E-state index contributed by atoms with van der Waals surface area (Å²) in [6, 6.07) is 7.12. The summed E-state index contributed by atoms with van der Waals surface area (Å²) in [6.07, 6.45) is 8.10. The second kappa shape index (κ2) is 5.36. The van der Waals surface area contributed by atoms with E-state index in [0.717, 1.165) is 5.69 Å². The first-order valence-corrected chi connectivity index (χ1v) is 7.56. The standard InChI is InChI=1S/C16H16N4O2/c21-16(9-15(11-1-2-11)12-3-4-12)22-14-7-5-13(6-8-14)20-10-17-18-19-20/h5-12H,1-4H2. The van der Waals surface area contributed by atoms with Crippen LogP contribution in [-0.4, -0.2) is 26.2 Å². The fourth-order valence-corrected chi connectivity index (χ4v) is 2.63. The largest absolute Gasteiger partial charge is 0.423 e. The third kappa shape index (κ3) is 2.90. The second-order valence-corrected chi connectivity index (χ2v) is 5.86.